The van der Waals surface area contributed by atoms with E-state index in [9.17, 15) is 4.79 Å². The van der Waals surface area contributed by atoms with Gasteiger partial charge >= 0.3 is 0 Å². The van der Waals surface area contributed by atoms with Crippen LogP contribution in [-0.4, -0.2) is 33.0 Å². The van der Waals surface area contributed by atoms with E-state index in [1.807, 2.05) is 6.92 Å². The molecule has 1 unspecified atom stereocenters. The number of piperidine rings is 1. The molecular formula is C18H19N5OS. The van der Waals surface area contributed by atoms with Gasteiger partial charge in [0.15, 0.2) is 0 Å². The molecule has 25 heavy (non-hydrogen) atoms. The van der Waals surface area contributed by atoms with Gasteiger partial charge in [-0.1, -0.05) is 0 Å². The van der Waals surface area contributed by atoms with Crippen LogP contribution in [0.25, 0.3) is 10.2 Å². The molecule has 2 aliphatic rings. The molecule has 1 saturated heterocycles. The summed E-state index contributed by atoms with van der Waals surface area (Å²) in [6.07, 6.45) is 5.65. The molecule has 0 aromatic carbocycles. The third-order valence-electron chi connectivity index (χ3n) is 5.61. The van der Waals surface area contributed by atoms with Crippen LogP contribution < -0.4 is 10.5 Å². The van der Waals surface area contributed by atoms with Gasteiger partial charge in [0.25, 0.3) is 5.56 Å². The molecule has 1 fully saturated rings. The summed E-state index contributed by atoms with van der Waals surface area (Å²) in [6, 6.07) is 2.10. The van der Waals surface area contributed by atoms with Gasteiger partial charge in [-0.15, -0.1) is 11.3 Å². The molecule has 1 spiro atoms. The molecule has 3 aromatic rings. The molecule has 1 aliphatic heterocycles. The Kier molecular flexibility index (Phi) is 3.22. The fraction of sp³-hybridized carbons (Fsp3) is 0.444. The first-order valence-corrected chi connectivity index (χ1v) is 9.58. The fourth-order valence-electron chi connectivity index (χ4n) is 4.50. The van der Waals surface area contributed by atoms with Crippen molar-refractivity contribution in [1.82, 2.24) is 19.9 Å². The van der Waals surface area contributed by atoms with Crippen molar-refractivity contribution >= 4 is 27.4 Å². The van der Waals surface area contributed by atoms with Crippen LogP contribution in [0.2, 0.25) is 0 Å². The van der Waals surface area contributed by atoms with Crippen molar-refractivity contribution in [3.05, 3.63) is 45.2 Å². The smallest absolute Gasteiger partial charge is 0.254 e. The molecule has 4 heterocycles. The number of rotatable bonds is 1. The summed E-state index contributed by atoms with van der Waals surface area (Å²) >= 11 is 1.65. The van der Waals surface area contributed by atoms with Gasteiger partial charge in [-0.05, 0) is 44.1 Å². The Hall–Kier alpha value is -2.28. The van der Waals surface area contributed by atoms with Gasteiger partial charge in [-0.2, -0.15) is 0 Å². The molecule has 128 valence electrons. The van der Waals surface area contributed by atoms with Crippen molar-refractivity contribution in [1.29, 1.82) is 0 Å². The first kappa shape index (κ1) is 15.0. The lowest BCUT2D eigenvalue weighted by Gasteiger charge is -2.41. The standard InChI is InChI=1S/C18H19N5OS/c1-11-21-14-12(16(24)22-11)3-6-18(14)5-2-7-23(9-18)15-13-4-8-25-17(13)20-10-19-15/h4,8,10H,2-3,5-7,9H2,1H3,(H,21,22,24). The van der Waals surface area contributed by atoms with E-state index in [0.29, 0.717) is 5.82 Å². The number of H-pyrrole nitrogens is 1. The normalized spacial score (nSPS) is 22.7. The number of aromatic amines is 1. The van der Waals surface area contributed by atoms with E-state index in [1.54, 1.807) is 17.7 Å². The van der Waals surface area contributed by atoms with Crippen LogP contribution in [0.3, 0.4) is 0 Å². The molecule has 5 rings (SSSR count). The molecule has 1 N–H and O–H groups in total. The highest BCUT2D eigenvalue weighted by Gasteiger charge is 2.45. The molecule has 6 nitrogen and oxygen atoms in total. The lowest BCUT2D eigenvalue weighted by Crippen LogP contribution is -2.46. The summed E-state index contributed by atoms with van der Waals surface area (Å²) < 4.78 is 0. The highest BCUT2D eigenvalue weighted by atomic mass is 32.1. The van der Waals surface area contributed by atoms with Crippen LogP contribution in [0, 0.1) is 6.92 Å². The zero-order valence-corrected chi connectivity index (χ0v) is 14.9. The van der Waals surface area contributed by atoms with Crippen molar-refractivity contribution in [2.24, 2.45) is 0 Å². The number of fused-ring (bicyclic) bond motifs is 3. The van der Waals surface area contributed by atoms with Gasteiger partial charge < -0.3 is 9.88 Å². The first-order chi connectivity index (χ1) is 12.2. The van der Waals surface area contributed by atoms with Crippen LogP contribution in [0.4, 0.5) is 5.82 Å². The topological polar surface area (TPSA) is 74.8 Å². The summed E-state index contributed by atoms with van der Waals surface area (Å²) in [5.74, 6) is 1.73. The predicted molar refractivity (Wildman–Crippen MR) is 98.5 cm³/mol. The molecule has 0 bridgehead atoms. The minimum atomic E-state index is -0.0279. The van der Waals surface area contributed by atoms with E-state index in [0.717, 1.165) is 66.1 Å². The summed E-state index contributed by atoms with van der Waals surface area (Å²) in [7, 11) is 0. The second-order valence-corrected chi connectivity index (χ2v) is 8.02. The molecule has 0 amide bonds. The quantitative estimate of drug-likeness (QED) is 0.728. The molecule has 7 heteroatoms. The third kappa shape index (κ3) is 2.22. The van der Waals surface area contributed by atoms with E-state index in [-0.39, 0.29) is 11.0 Å². The Bertz CT molecular complexity index is 1030. The number of aromatic nitrogens is 4. The fourth-order valence-corrected chi connectivity index (χ4v) is 5.23. The number of nitrogens with one attached hydrogen (secondary N) is 1. The van der Waals surface area contributed by atoms with Crippen molar-refractivity contribution in [3.63, 3.8) is 0 Å². The van der Waals surface area contributed by atoms with Crippen LogP contribution in [0.5, 0.6) is 0 Å². The maximum Gasteiger partial charge on any atom is 0.254 e. The summed E-state index contributed by atoms with van der Waals surface area (Å²) in [6.45, 7) is 3.73. The average molecular weight is 353 g/mol. The third-order valence-corrected chi connectivity index (χ3v) is 6.43. The van der Waals surface area contributed by atoms with Crippen molar-refractivity contribution < 1.29 is 0 Å². The van der Waals surface area contributed by atoms with Gasteiger partial charge in [0.1, 0.15) is 22.8 Å². The summed E-state index contributed by atoms with van der Waals surface area (Å²) in [5, 5.41) is 3.19. The Morgan fingerprint density at radius 2 is 2.24 bits per heavy atom. The first-order valence-electron chi connectivity index (χ1n) is 8.70. The molecule has 1 aliphatic carbocycles. The summed E-state index contributed by atoms with van der Waals surface area (Å²) in [4.78, 5) is 32.3. The zero-order valence-electron chi connectivity index (χ0n) is 14.1. The van der Waals surface area contributed by atoms with Gasteiger partial charge in [-0.3, -0.25) is 4.79 Å². The van der Waals surface area contributed by atoms with E-state index in [2.05, 4.69) is 31.3 Å². The number of hydrogen-bond acceptors (Lipinski definition) is 6. The monoisotopic (exact) mass is 353 g/mol. The number of hydrogen-bond donors (Lipinski definition) is 1. The predicted octanol–water partition coefficient (Wildman–Crippen LogP) is 2.57. The van der Waals surface area contributed by atoms with E-state index >= 15 is 0 Å². The average Bonchev–Trinajstić information content (AvgIpc) is 3.21. The largest absolute Gasteiger partial charge is 0.355 e. The number of anilines is 1. The maximum absolute atomic E-state index is 12.3. The second kappa shape index (κ2) is 5.36. The summed E-state index contributed by atoms with van der Waals surface area (Å²) in [5.41, 5.74) is 1.92. The highest BCUT2D eigenvalue weighted by molar-refractivity contribution is 7.16. The van der Waals surface area contributed by atoms with Gasteiger partial charge in [0, 0.05) is 24.1 Å². The molecule has 0 radical (unpaired) electrons. The minimum Gasteiger partial charge on any atom is -0.355 e. The lowest BCUT2D eigenvalue weighted by atomic mass is 9.77. The van der Waals surface area contributed by atoms with Crippen molar-refractivity contribution in [2.75, 3.05) is 18.0 Å². The van der Waals surface area contributed by atoms with E-state index < -0.39 is 0 Å². The van der Waals surface area contributed by atoms with Gasteiger partial charge in [0.2, 0.25) is 0 Å². The Labute approximate surface area is 149 Å². The Morgan fingerprint density at radius 3 is 3.16 bits per heavy atom. The van der Waals surface area contributed by atoms with E-state index in [1.165, 1.54) is 0 Å². The molecule has 1 atom stereocenters. The molecule has 0 saturated carbocycles. The van der Waals surface area contributed by atoms with Crippen LogP contribution >= 0.6 is 11.3 Å². The maximum atomic E-state index is 12.3. The Morgan fingerprint density at radius 1 is 1.32 bits per heavy atom. The van der Waals surface area contributed by atoms with Gasteiger partial charge in [0.05, 0.1) is 11.1 Å². The molecular weight excluding hydrogens is 334 g/mol. The minimum absolute atomic E-state index is 0.0279. The van der Waals surface area contributed by atoms with E-state index in [4.69, 9.17) is 4.98 Å². The number of thiophene rings is 1. The Balaban J connectivity index is 1.59. The van der Waals surface area contributed by atoms with Crippen LogP contribution in [-0.2, 0) is 11.8 Å². The van der Waals surface area contributed by atoms with Crippen LogP contribution in [0.15, 0.2) is 22.6 Å². The second-order valence-electron chi connectivity index (χ2n) is 7.12. The van der Waals surface area contributed by atoms with Gasteiger partial charge in [-0.25, -0.2) is 15.0 Å². The lowest BCUT2D eigenvalue weighted by molar-refractivity contribution is 0.333. The SMILES string of the molecule is Cc1nc2c(c(=O)[nH]1)CCC21CCCN(c2ncnc3sccc23)C1. The molecule has 3 aromatic heterocycles. The van der Waals surface area contributed by atoms with Crippen molar-refractivity contribution in [3.8, 4) is 0 Å². The van der Waals surface area contributed by atoms with Crippen molar-refractivity contribution in [2.45, 2.75) is 38.0 Å². The number of aryl methyl sites for hydroxylation is 1. The number of nitrogens with zero attached hydrogens (tertiary/aromatic N) is 4. The highest BCUT2D eigenvalue weighted by Crippen LogP contribution is 2.44. The zero-order chi connectivity index (χ0) is 17.0. The van der Waals surface area contributed by atoms with Crippen LogP contribution in [0.1, 0.15) is 36.3 Å².